The summed E-state index contributed by atoms with van der Waals surface area (Å²) in [7, 11) is -9.95. The van der Waals surface area contributed by atoms with Crippen LogP contribution in [-0.2, 0) is 15.7 Å². The van der Waals surface area contributed by atoms with Crippen LogP contribution in [0.15, 0.2) is 18.7 Å². The van der Waals surface area contributed by atoms with Gasteiger partial charge in [0, 0.05) is 12.4 Å². The zero-order valence-corrected chi connectivity index (χ0v) is 11.1. The molecule has 0 atom stereocenters. The number of nitrogens with zero attached hydrogens (tertiary/aromatic N) is 4. The summed E-state index contributed by atoms with van der Waals surface area (Å²) in [5, 5.41) is -2.14. The predicted molar refractivity (Wildman–Crippen MR) is 63.2 cm³/mol. The van der Waals surface area contributed by atoms with Crippen LogP contribution in [0.4, 0.5) is 0 Å². The molecule has 0 spiro atoms. The minimum atomic E-state index is -4.98. The van der Waals surface area contributed by atoms with Crippen LogP contribution in [0.25, 0.3) is 11.3 Å². The van der Waals surface area contributed by atoms with Gasteiger partial charge in [0.15, 0.2) is 16.7 Å². The van der Waals surface area contributed by atoms with E-state index >= 15 is 0 Å². The van der Waals surface area contributed by atoms with Crippen LogP contribution in [-0.4, -0.2) is 44.5 Å². The first-order chi connectivity index (χ1) is 8.69. The number of hydrogen-bond donors (Lipinski definition) is 4. The number of aromatic nitrogens is 4. The second kappa shape index (κ2) is 4.75. The summed E-state index contributed by atoms with van der Waals surface area (Å²) in [4.78, 5) is 47.7. The highest BCUT2D eigenvalue weighted by Gasteiger charge is 2.43. The Morgan fingerprint density at radius 3 is 2.21 bits per heavy atom. The lowest BCUT2D eigenvalue weighted by Gasteiger charge is -2.19. The van der Waals surface area contributed by atoms with E-state index < -0.39 is 27.1 Å². The summed E-state index contributed by atoms with van der Waals surface area (Å²) in [6, 6.07) is 0. The molecule has 104 valence electrons. The quantitative estimate of drug-likeness (QED) is 0.546. The van der Waals surface area contributed by atoms with Gasteiger partial charge in [0.1, 0.15) is 0 Å². The molecule has 0 fully saturated rings. The van der Waals surface area contributed by atoms with Gasteiger partial charge in [-0.25, -0.2) is 15.0 Å². The molecule has 19 heavy (non-hydrogen) atoms. The highest BCUT2D eigenvalue weighted by Crippen LogP contribution is 2.60. The first-order valence-electron chi connectivity index (χ1n) is 4.92. The third kappa shape index (κ3) is 3.06. The lowest BCUT2D eigenvalue weighted by Crippen LogP contribution is -2.17. The van der Waals surface area contributed by atoms with Crippen LogP contribution in [0.3, 0.4) is 0 Å². The smallest absolute Gasteiger partial charge is 0.324 e. The Morgan fingerprint density at radius 2 is 1.63 bits per heavy atom. The van der Waals surface area contributed by atoms with Crippen molar-refractivity contribution in [1.82, 2.24) is 19.5 Å². The zero-order valence-electron chi connectivity index (χ0n) is 9.31. The van der Waals surface area contributed by atoms with Gasteiger partial charge in [0.05, 0.1) is 12.9 Å². The Hall–Kier alpha value is -1.15. The fourth-order valence-electron chi connectivity index (χ4n) is 1.51. The molecule has 0 aliphatic heterocycles. The molecule has 0 amide bonds. The van der Waals surface area contributed by atoms with Crippen molar-refractivity contribution in [2.24, 2.45) is 0 Å². The lowest BCUT2D eigenvalue weighted by molar-refractivity contribution is 0.332. The SMILES string of the molecule is O=P(O)(O)C(Cn1cnc2nccnc21)P(=O)(O)O. The van der Waals surface area contributed by atoms with Crippen molar-refractivity contribution in [1.29, 1.82) is 0 Å². The van der Waals surface area contributed by atoms with Gasteiger partial charge in [0.25, 0.3) is 0 Å². The summed E-state index contributed by atoms with van der Waals surface area (Å²) < 4.78 is 23.5. The molecule has 0 aliphatic rings. The molecular weight excluding hydrogens is 298 g/mol. The summed E-state index contributed by atoms with van der Waals surface area (Å²) in [5.41, 5.74) is 0.409. The standard InChI is InChI=1S/C7H10N4O6P2/c12-18(13,14)5(19(15,16)17)3-11-4-10-6-7(11)9-2-1-8-6/h1-2,4-5H,3H2,(H2,12,13,14)(H2,15,16,17). The summed E-state index contributed by atoms with van der Waals surface area (Å²) in [6.07, 6.45) is 3.89. The average Bonchev–Trinajstić information content (AvgIpc) is 2.66. The van der Waals surface area contributed by atoms with E-state index in [1.807, 2.05) is 0 Å². The minimum Gasteiger partial charge on any atom is -0.324 e. The molecule has 0 saturated carbocycles. The molecule has 2 heterocycles. The van der Waals surface area contributed by atoms with Crippen LogP contribution < -0.4 is 0 Å². The molecule has 0 saturated heterocycles. The lowest BCUT2D eigenvalue weighted by atomic mass is 10.6. The molecule has 10 nitrogen and oxygen atoms in total. The van der Waals surface area contributed by atoms with E-state index in [0.717, 1.165) is 4.57 Å². The third-order valence-electron chi connectivity index (χ3n) is 2.39. The summed E-state index contributed by atoms with van der Waals surface area (Å²) in [6.45, 7) is -0.607. The van der Waals surface area contributed by atoms with Gasteiger partial charge < -0.3 is 24.1 Å². The summed E-state index contributed by atoms with van der Waals surface area (Å²) in [5.74, 6) is 0. The van der Waals surface area contributed by atoms with Crippen LogP contribution in [0.5, 0.6) is 0 Å². The van der Waals surface area contributed by atoms with Crippen molar-refractivity contribution in [2.75, 3.05) is 0 Å². The first kappa shape index (κ1) is 14.3. The topological polar surface area (TPSA) is 159 Å². The van der Waals surface area contributed by atoms with Crippen molar-refractivity contribution >= 4 is 26.5 Å². The Morgan fingerprint density at radius 1 is 1.05 bits per heavy atom. The van der Waals surface area contributed by atoms with Gasteiger partial charge in [0.2, 0.25) is 0 Å². The van der Waals surface area contributed by atoms with E-state index in [9.17, 15) is 9.13 Å². The van der Waals surface area contributed by atoms with Crippen LogP contribution in [0, 0.1) is 0 Å². The van der Waals surface area contributed by atoms with Gasteiger partial charge in [-0.15, -0.1) is 0 Å². The Labute approximate surface area is 106 Å². The third-order valence-corrected chi connectivity index (χ3v) is 6.07. The van der Waals surface area contributed by atoms with Gasteiger partial charge in [-0.3, -0.25) is 9.13 Å². The molecule has 2 rings (SSSR count). The van der Waals surface area contributed by atoms with Crippen molar-refractivity contribution in [3.63, 3.8) is 0 Å². The van der Waals surface area contributed by atoms with Crippen molar-refractivity contribution in [2.45, 2.75) is 11.9 Å². The Bertz CT molecular complexity index is 668. The maximum Gasteiger partial charge on any atom is 0.342 e. The Kier molecular flexibility index (Phi) is 3.57. The van der Waals surface area contributed by atoms with Gasteiger partial charge in [-0.05, 0) is 0 Å². The zero-order chi connectivity index (χ0) is 14.3. The normalized spacial score (nSPS) is 13.3. The molecule has 0 bridgehead atoms. The molecule has 0 radical (unpaired) electrons. The fraction of sp³-hybridized carbons (Fsp3) is 0.286. The van der Waals surface area contributed by atoms with Gasteiger partial charge in [-0.1, -0.05) is 0 Å². The Balaban J connectivity index is 2.43. The van der Waals surface area contributed by atoms with Crippen LogP contribution in [0.1, 0.15) is 0 Å². The molecule has 4 N–H and O–H groups in total. The molecule has 0 unspecified atom stereocenters. The maximum absolute atomic E-state index is 11.2. The molecule has 2 aromatic rings. The van der Waals surface area contributed by atoms with E-state index in [2.05, 4.69) is 15.0 Å². The second-order valence-corrected chi connectivity index (χ2v) is 7.77. The average molecular weight is 308 g/mol. The highest BCUT2D eigenvalue weighted by molar-refractivity contribution is 7.70. The van der Waals surface area contributed by atoms with Crippen molar-refractivity contribution in [3.8, 4) is 0 Å². The monoisotopic (exact) mass is 308 g/mol. The van der Waals surface area contributed by atoms with Gasteiger partial charge >= 0.3 is 15.2 Å². The first-order valence-corrected chi connectivity index (χ1v) is 8.28. The maximum atomic E-state index is 11.2. The van der Waals surface area contributed by atoms with E-state index in [4.69, 9.17) is 19.6 Å². The van der Waals surface area contributed by atoms with Crippen molar-refractivity contribution < 1.29 is 28.7 Å². The predicted octanol–water partition coefficient (Wildman–Crippen LogP) is -0.492. The van der Waals surface area contributed by atoms with Crippen LogP contribution in [0.2, 0.25) is 0 Å². The van der Waals surface area contributed by atoms with E-state index in [1.54, 1.807) is 0 Å². The fourth-order valence-corrected chi connectivity index (χ4v) is 3.86. The van der Waals surface area contributed by atoms with E-state index in [-0.39, 0.29) is 11.3 Å². The van der Waals surface area contributed by atoms with E-state index in [0.29, 0.717) is 0 Å². The largest absolute Gasteiger partial charge is 0.342 e. The molecular formula is C7H10N4O6P2. The molecule has 0 aromatic carbocycles. The number of rotatable bonds is 4. The van der Waals surface area contributed by atoms with E-state index in [1.165, 1.54) is 18.7 Å². The second-order valence-electron chi connectivity index (χ2n) is 3.76. The summed E-state index contributed by atoms with van der Waals surface area (Å²) >= 11 is 0. The van der Waals surface area contributed by atoms with Crippen LogP contribution >= 0.6 is 15.2 Å². The minimum absolute atomic E-state index is 0.189. The highest BCUT2D eigenvalue weighted by atomic mass is 31.2. The molecule has 12 heteroatoms. The molecule has 2 aromatic heterocycles. The van der Waals surface area contributed by atoms with Gasteiger partial charge in [-0.2, -0.15) is 0 Å². The molecule has 0 aliphatic carbocycles. The number of fused-ring (bicyclic) bond motifs is 1. The number of imidazole rings is 1. The van der Waals surface area contributed by atoms with Crippen molar-refractivity contribution in [3.05, 3.63) is 18.7 Å². The number of hydrogen-bond acceptors (Lipinski definition) is 5.